The van der Waals surface area contributed by atoms with Crippen molar-refractivity contribution >= 4 is 0 Å². The summed E-state index contributed by atoms with van der Waals surface area (Å²) in [5, 5.41) is 4.42. The number of unbranched alkanes of at least 4 members (excludes halogenated alkanes) is 2. The third-order valence-corrected chi connectivity index (χ3v) is 2.83. The molecule has 1 heterocycles. The first-order valence-corrected chi connectivity index (χ1v) is 5.97. The zero-order valence-corrected chi connectivity index (χ0v) is 10.2. The molecule has 1 atom stereocenters. The van der Waals surface area contributed by atoms with Gasteiger partial charge in [0.05, 0.1) is 11.4 Å². The van der Waals surface area contributed by atoms with Crippen LogP contribution in [-0.2, 0) is 13.5 Å². The molecule has 0 aliphatic rings. The van der Waals surface area contributed by atoms with Crippen molar-refractivity contribution in [1.82, 2.24) is 9.78 Å². The Balaban J connectivity index is 2.56. The zero-order valence-electron chi connectivity index (χ0n) is 10.2. The summed E-state index contributed by atoms with van der Waals surface area (Å²) in [6.07, 6.45) is 5.78. The maximum atomic E-state index is 6.14. The third-order valence-electron chi connectivity index (χ3n) is 2.83. The summed E-state index contributed by atoms with van der Waals surface area (Å²) in [5.74, 6) is 0. The van der Waals surface area contributed by atoms with Crippen LogP contribution in [0.5, 0.6) is 0 Å². The molecule has 0 amide bonds. The van der Waals surface area contributed by atoms with E-state index in [-0.39, 0.29) is 6.04 Å². The van der Waals surface area contributed by atoms with Crippen LogP contribution in [0, 0.1) is 0 Å². The summed E-state index contributed by atoms with van der Waals surface area (Å²) >= 11 is 0. The van der Waals surface area contributed by atoms with E-state index < -0.39 is 0 Å². The van der Waals surface area contributed by atoms with Gasteiger partial charge in [-0.2, -0.15) is 5.10 Å². The molecule has 0 bridgehead atoms. The molecule has 0 radical (unpaired) electrons. The van der Waals surface area contributed by atoms with Gasteiger partial charge in [0, 0.05) is 13.1 Å². The second-order valence-corrected chi connectivity index (χ2v) is 4.14. The van der Waals surface area contributed by atoms with Crippen molar-refractivity contribution in [3.8, 4) is 0 Å². The van der Waals surface area contributed by atoms with Crippen LogP contribution in [0.3, 0.4) is 0 Å². The lowest BCUT2D eigenvalue weighted by Crippen LogP contribution is -2.14. The summed E-state index contributed by atoms with van der Waals surface area (Å²) in [7, 11) is 1.98. The Morgan fingerprint density at radius 3 is 2.67 bits per heavy atom. The first-order valence-electron chi connectivity index (χ1n) is 5.97. The molecule has 2 N–H and O–H groups in total. The minimum absolute atomic E-state index is 0.148. The van der Waals surface area contributed by atoms with Crippen molar-refractivity contribution in [3.05, 3.63) is 17.5 Å². The SMILES string of the molecule is CCCCCC(N)c1cc(CC)nn1C. The Bertz CT molecular complexity index is 291. The summed E-state index contributed by atoms with van der Waals surface area (Å²) in [4.78, 5) is 0. The number of rotatable bonds is 6. The number of aryl methyl sites for hydroxylation is 2. The number of aromatic nitrogens is 2. The third kappa shape index (κ3) is 3.34. The second kappa shape index (κ2) is 5.91. The van der Waals surface area contributed by atoms with Gasteiger partial charge in [-0.3, -0.25) is 4.68 Å². The minimum atomic E-state index is 0.148. The molecule has 1 aromatic heterocycles. The van der Waals surface area contributed by atoms with E-state index in [9.17, 15) is 0 Å². The Labute approximate surface area is 92.7 Å². The number of nitrogens with two attached hydrogens (primary N) is 1. The highest BCUT2D eigenvalue weighted by Gasteiger charge is 2.11. The molecule has 0 spiro atoms. The van der Waals surface area contributed by atoms with Gasteiger partial charge in [0.2, 0.25) is 0 Å². The van der Waals surface area contributed by atoms with Crippen molar-refractivity contribution in [2.24, 2.45) is 12.8 Å². The predicted molar refractivity (Wildman–Crippen MR) is 63.7 cm³/mol. The van der Waals surface area contributed by atoms with Gasteiger partial charge < -0.3 is 5.73 Å². The normalized spacial score (nSPS) is 13.1. The van der Waals surface area contributed by atoms with Crippen LogP contribution < -0.4 is 5.73 Å². The molecule has 1 rings (SSSR count). The molecule has 1 unspecified atom stereocenters. The van der Waals surface area contributed by atoms with Gasteiger partial charge in [0.25, 0.3) is 0 Å². The van der Waals surface area contributed by atoms with Crippen LogP contribution in [0.1, 0.15) is 57.0 Å². The van der Waals surface area contributed by atoms with Gasteiger partial charge in [-0.05, 0) is 18.9 Å². The monoisotopic (exact) mass is 209 g/mol. The summed E-state index contributed by atoms with van der Waals surface area (Å²) in [6.45, 7) is 4.33. The highest BCUT2D eigenvalue weighted by molar-refractivity contribution is 5.13. The molecular weight excluding hydrogens is 186 g/mol. The van der Waals surface area contributed by atoms with Gasteiger partial charge in [-0.15, -0.1) is 0 Å². The lowest BCUT2D eigenvalue weighted by Gasteiger charge is -2.11. The Kier molecular flexibility index (Phi) is 4.82. The highest BCUT2D eigenvalue weighted by Crippen LogP contribution is 2.18. The molecule has 3 nitrogen and oxygen atoms in total. The molecule has 3 heteroatoms. The lowest BCUT2D eigenvalue weighted by molar-refractivity contribution is 0.542. The summed E-state index contributed by atoms with van der Waals surface area (Å²) in [6, 6.07) is 2.28. The van der Waals surface area contributed by atoms with E-state index in [0.29, 0.717) is 0 Å². The van der Waals surface area contributed by atoms with Gasteiger partial charge in [0.1, 0.15) is 0 Å². The fourth-order valence-corrected chi connectivity index (χ4v) is 1.83. The van der Waals surface area contributed by atoms with Gasteiger partial charge in [-0.1, -0.05) is 33.1 Å². The van der Waals surface area contributed by atoms with Crippen molar-refractivity contribution < 1.29 is 0 Å². The Hall–Kier alpha value is -0.830. The average Bonchev–Trinajstić information content (AvgIpc) is 2.60. The first kappa shape index (κ1) is 12.2. The maximum Gasteiger partial charge on any atom is 0.0625 e. The van der Waals surface area contributed by atoms with Gasteiger partial charge in [0.15, 0.2) is 0 Å². The number of hydrogen-bond acceptors (Lipinski definition) is 2. The van der Waals surface area contributed by atoms with Crippen LogP contribution in [0.25, 0.3) is 0 Å². The fourth-order valence-electron chi connectivity index (χ4n) is 1.83. The van der Waals surface area contributed by atoms with Crippen LogP contribution in [0.2, 0.25) is 0 Å². The van der Waals surface area contributed by atoms with E-state index >= 15 is 0 Å². The molecule has 1 aromatic rings. The molecule has 86 valence electrons. The largest absolute Gasteiger partial charge is 0.323 e. The molecule has 0 aliphatic carbocycles. The molecule has 0 saturated carbocycles. The fraction of sp³-hybridized carbons (Fsp3) is 0.750. The molecule has 0 aliphatic heterocycles. The van der Waals surface area contributed by atoms with Crippen LogP contribution >= 0.6 is 0 Å². The smallest absolute Gasteiger partial charge is 0.0625 e. The highest BCUT2D eigenvalue weighted by atomic mass is 15.3. The lowest BCUT2D eigenvalue weighted by atomic mass is 10.1. The van der Waals surface area contributed by atoms with E-state index in [4.69, 9.17) is 5.73 Å². The van der Waals surface area contributed by atoms with E-state index in [1.807, 2.05) is 11.7 Å². The number of nitrogens with zero attached hydrogens (tertiary/aromatic N) is 2. The van der Waals surface area contributed by atoms with Gasteiger partial charge >= 0.3 is 0 Å². The Morgan fingerprint density at radius 2 is 2.13 bits per heavy atom. The zero-order chi connectivity index (χ0) is 11.3. The molecule has 0 saturated heterocycles. The summed E-state index contributed by atoms with van der Waals surface area (Å²) in [5.41, 5.74) is 8.45. The van der Waals surface area contributed by atoms with E-state index in [1.54, 1.807) is 0 Å². The molecule has 0 aromatic carbocycles. The van der Waals surface area contributed by atoms with Crippen molar-refractivity contribution in [3.63, 3.8) is 0 Å². The standard InChI is InChI=1S/C12H23N3/c1-4-6-7-8-11(13)12-9-10(5-2)14-15(12)3/h9,11H,4-8,13H2,1-3H3. The average molecular weight is 209 g/mol. The molecule has 15 heavy (non-hydrogen) atoms. The van der Waals surface area contributed by atoms with Crippen LogP contribution in [0.15, 0.2) is 6.07 Å². The minimum Gasteiger partial charge on any atom is -0.323 e. The predicted octanol–water partition coefficient (Wildman–Crippen LogP) is 2.56. The van der Waals surface area contributed by atoms with Gasteiger partial charge in [-0.25, -0.2) is 0 Å². The Morgan fingerprint density at radius 1 is 1.40 bits per heavy atom. The topological polar surface area (TPSA) is 43.8 Å². The molecule has 0 fully saturated rings. The molecular formula is C12H23N3. The van der Waals surface area contributed by atoms with Crippen molar-refractivity contribution in [2.45, 2.75) is 52.0 Å². The van der Waals surface area contributed by atoms with E-state index in [1.165, 1.54) is 25.0 Å². The van der Waals surface area contributed by atoms with Crippen molar-refractivity contribution in [1.29, 1.82) is 0 Å². The van der Waals surface area contributed by atoms with E-state index in [0.717, 1.165) is 18.5 Å². The number of hydrogen-bond donors (Lipinski definition) is 1. The maximum absolute atomic E-state index is 6.14. The quantitative estimate of drug-likeness (QED) is 0.732. The summed E-state index contributed by atoms with van der Waals surface area (Å²) < 4.78 is 1.93. The second-order valence-electron chi connectivity index (χ2n) is 4.14. The first-order chi connectivity index (χ1) is 7.19. The van der Waals surface area contributed by atoms with Crippen LogP contribution in [0.4, 0.5) is 0 Å². The van der Waals surface area contributed by atoms with Crippen molar-refractivity contribution in [2.75, 3.05) is 0 Å². The van der Waals surface area contributed by atoms with Crippen LogP contribution in [-0.4, -0.2) is 9.78 Å². The van der Waals surface area contributed by atoms with E-state index in [2.05, 4.69) is 25.0 Å².